The van der Waals surface area contributed by atoms with E-state index in [0.29, 0.717) is 12.1 Å². The number of rotatable bonds is 10. The summed E-state index contributed by atoms with van der Waals surface area (Å²) in [6.45, 7) is 6.46. The minimum Gasteiger partial charge on any atom is -0.491 e. The zero-order valence-electron chi connectivity index (χ0n) is 19.3. The topological polar surface area (TPSA) is 67.4 Å². The number of carbonyl (C=O) groups excluding carboxylic acids is 2. The number of carbonyl (C=O) groups is 2. The molecule has 2 aromatic carbocycles. The minimum atomic E-state index is -0.310. The molecular formula is C27H30N2O3S. The molecular weight excluding hydrogens is 432 g/mol. The number of ether oxygens (including phenoxy) is 1. The molecule has 0 bridgehead atoms. The fourth-order valence-electron chi connectivity index (χ4n) is 3.21. The van der Waals surface area contributed by atoms with Crippen molar-refractivity contribution in [2.45, 2.75) is 39.7 Å². The van der Waals surface area contributed by atoms with Crippen LogP contribution in [0.5, 0.6) is 5.75 Å². The molecule has 1 aromatic heterocycles. The fourth-order valence-corrected chi connectivity index (χ4v) is 3.87. The molecule has 6 heteroatoms. The highest BCUT2D eigenvalue weighted by Crippen LogP contribution is 2.16. The van der Waals surface area contributed by atoms with Gasteiger partial charge in [0.15, 0.2) is 0 Å². The SMILES string of the molecule is Cc1ccc(C(=O)N/C(=C\c2cccs2)C(=O)NCCCc2cccc(OC(C)C)c2)cc1. The van der Waals surface area contributed by atoms with Crippen LogP contribution in [-0.2, 0) is 11.2 Å². The molecule has 0 aliphatic heterocycles. The predicted molar refractivity (Wildman–Crippen MR) is 134 cm³/mol. The Morgan fingerprint density at radius 3 is 2.55 bits per heavy atom. The number of hydrogen-bond donors (Lipinski definition) is 2. The normalized spacial score (nSPS) is 11.3. The first-order chi connectivity index (χ1) is 15.9. The third-order valence-corrected chi connectivity index (χ3v) is 5.65. The predicted octanol–water partition coefficient (Wildman–Crippen LogP) is 5.36. The van der Waals surface area contributed by atoms with Crippen molar-refractivity contribution in [3.63, 3.8) is 0 Å². The standard InChI is InChI=1S/C27H30N2O3S/c1-19(2)32-23-9-4-7-21(17-23)8-5-15-28-27(31)25(18-24-10-6-16-33-24)29-26(30)22-13-11-20(3)12-14-22/h4,6-7,9-14,16-19H,5,8,15H2,1-3H3,(H,28,31)(H,29,30)/b25-18-. The van der Waals surface area contributed by atoms with Crippen LogP contribution < -0.4 is 15.4 Å². The third kappa shape index (κ3) is 7.91. The van der Waals surface area contributed by atoms with Gasteiger partial charge in [0.05, 0.1) is 6.10 Å². The van der Waals surface area contributed by atoms with Gasteiger partial charge in [-0.2, -0.15) is 0 Å². The number of amides is 2. The summed E-state index contributed by atoms with van der Waals surface area (Å²) >= 11 is 1.50. The van der Waals surface area contributed by atoms with E-state index in [1.807, 2.05) is 68.6 Å². The summed E-state index contributed by atoms with van der Waals surface area (Å²) in [6, 6.07) is 19.1. The van der Waals surface area contributed by atoms with Crippen molar-refractivity contribution in [1.29, 1.82) is 0 Å². The van der Waals surface area contributed by atoms with Crippen molar-refractivity contribution < 1.29 is 14.3 Å². The van der Waals surface area contributed by atoms with Crippen LogP contribution in [0.4, 0.5) is 0 Å². The van der Waals surface area contributed by atoms with Crippen LogP contribution in [0.1, 0.15) is 46.6 Å². The van der Waals surface area contributed by atoms with Crippen LogP contribution in [0.2, 0.25) is 0 Å². The van der Waals surface area contributed by atoms with Gasteiger partial charge in [0.2, 0.25) is 0 Å². The molecule has 1 heterocycles. The maximum atomic E-state index is 12.9. The van der Waals surface area contributed by atoms with Gasteiger partial charge in [0.25, 0.3) is 11.8 Å². The van der Waals surface area contributed by atoms with Gasteiger partial charge in [0, 0.05) is 17.0 Å². The van der Waals surface area contributed by atoms with Crippen molar-refractivity contribution in [2.75, 3.05) is 6.54 Å². The largest absolute Gasteiger partial charge is 0.491 e. The zero-order chi connectivity index (χ0) is 23.6. The Bertz CT molecular complexity index is 1090. The highest BCUT2D eigenvalue weighted by atomic mass is 32.1. The summed E-state index contributed by atoms with van der Waals surface area (Å²) in [5.41, 5.74) is 2.97. The van der Waals surface area contributed by atoms with E-state index in [9.17, 15) is 9.59 Å². The molecule has 0 unspecified atom stereocenters. The van der Waals surface area contributed by atoms with Crippen LogP contribution in [0.3, 0.4) is 0 Å². The lowest BCUT2D eigenvalue weighted by Crippen LogP contribution is -2.35. The zero-order valence-corrected chi connectivity index (χ0v) is 20.1. The Morgan fingerprint density at radius 2 is 1.85 bits per heavy atom. The first kappa shape index (κ1) is 24.3. The van der Waals surface area contributed by atoms with E-state index in [2.05, 4.69) is 16.7 Å². The third-order valence-electron chi connectivity index (χ3n) is 4.83. The minimum absolute atomic E-state index is 0.128. The van der Waals surface area contributed by atoms with Gasteiger partial charge < -0.3 is 15.4 Å². The van der Waals surface area contributed by atoms with E-state index < -0.39 is 0 Å². The van der Waals surface area contributed by atoms with Crippen molar-refractivity contribution >= 4 is 29.2 Å². The maximum Gasteiger partial charge on any atom is 0.267 e. The Labute approximate surface area is 199 Å². The van der Waals surface area contributed by atoms with Gasteiger partial charge in [-0.05, 0) is 81.0 Å². The average Bonchev–Trinajstić information content (AvgIpc) is 3.29. The monoisotopic (exact) mass is 462 g/mol. The van der Waals surface area contributed by atoms with E-state index in [0.717, 1.165) is 34.6 Å². The molecule has 0 spiro atoms. The molecule has 3 aromatic rings. The summed E-state index contributed by atoms with van der Waals surface area (Å²) in [5, 5.41) is 7.64. The smallest absolute Gasteiger partial charge is 0.267 e. The van der Waals surface area contributed by atoms with Crippen molar-refractivity contribution in [1.82, 2.24) is 10.6 Å². The maximum absolute atomic E-state index is 12.9. The van der Waals surface area contributed by atoms with Crippen LogP contribution in [-0.4, -0.2) is 24.5 Å². The molecule has 0 saturated heterocycles. The molecule has 3 rings (SSSR count). The summed E-state index contributed by atoms with van der Waals surface area (Å²) in [5.74, 6) is 0.238. The van der Waals surface area contributed by atoms with Crippen LogP contribution in [0, 0.1) is 6.92 Å². The molecule has 0 aliphatic carbocycles. The van der Waals surface area contributed by atoms with E-state index >= 15 is 0 Å². The lowest BCUT2D eigenvalue weighted by Gasteiger charge is -2.12. The second-order valence-electron chi connectivity index (χ2n) is 8.07. The lowest BCUT2D eigenvalue weighted by molar-refractivity contribution is -0.117. The molecule has 5 nitrogen and oxygen atoms in total. The number of nitrogens with one attached hydrogen (secondary N) is 2. The Kier molecular flexibility index (Phi) is 8.84. The number of aryl methyl sites for hydroxylation is 2. The molecule has 2 amide bonds. The van der Waals surface area contributed by atoms with Gasteiger partial charge in [0.1, 0.15) is 11.4 Å². The molecule has 0 saturated carbocycles. The Hall–Kier alpha value is -3.38. The van der Waals surface area contributed by atoms with Crippen LogP contribution in [0.25, 0.3) is 6.08 Å². The molecule has 33 heavy (non-hydrogen) atoms. The second kappa shape index (κ2) is 12.0. The average molecular weight is 463 g/mol. The molecule has 0 fully saturated rings. The van der Waals surface area contributed by atoms with Crippen molar-refractivity contribution in [3.8, 4) is 5.75 Å². The summed E-state index contributed by atoms with van der Waals surface area (Å²) < 4.78 is 5.74. The van der Waals surface area contributed by atoms with E-state index in [-0.39, 0.29) is 23.6 Å². The highest BCUT2D eigenvalue weighted by Gasteiger charge is 2.14. The van der Waals surface area contributed by atoms with Crippen LogP contribution in [0.15, 0.2) is 71.7 Å². The first-order valence-electron chi connectivity index (χ1n) is 11.1. The Balaban J connectivity index is 1.59. The Morgan fingerprint density at radius 1 is 1.06 bits per heavy atom. The molecule has 0 atom stereocenters. The first-order valence-corrected chi connectivity index (χ1v) is 12.0. The molecule has 0 aliphatic rings. The molecule has 172 valence electrons. The van der Waals surface area contributed by atoms with Gasteiger partial charge in [-0.15, -0.1) is 11.3 Å². The molecule has 2 N–H and O–H groups in total. The van der Waals surface area contributed by atoms with Gasteiger partial charge >= 0.3 is 0 Å². The van der Waals surface area contributed by atoms with E-state index in [4.69, 9.17) is 4.74 Å². The second-order valence-corrected chi connectivity index (χ2v) is 9.05. The summed E-state index contributed by atoms with van der Waals surface area (Å²) in [7, 11) is 0. The van der Waals surface area contributed by atoms with Crippen molar-refractivity contribution in [2.24, 2.45) is 0 Å². The molecule has 0 radical (unpaired) electrons. The van der Waals surface area contributed by atoms with E-state index in [1.165, 1.54) is 11.3 Å². The highest BCUT2D eigenvalue weighted by molar-refractivity contribution is 7.10. The van der Waals surface area contributed by atoms with Crippen LogP contribution >= 0.6 is 11.3 Å². The number of thiophene rings is 1. The van der Waals surface area contributed by atoms with Gasteiger partial charge in [-0.3, -0.25) is 9.59 Å². The lowest BCUT2D eigenvalue weighted by atomic mass is 10.1. The number of hydrogen-bond acceptors (Lipinski definition) is 4. The fraction of sp³-hybridized carbons (Fsp3) is 0.259. The van der Waals surface area contributed by atoms with Crippen molar-refractivity contribution in [3.05, 3.63) is 93.3 Å². The summed E-state index contributed by atoms with van der Waals surface area (Å²) in [4.78, 5) is 26.4. The van der Waals surface area contributed by atoms with Gasteiger partial charge in [-0.25, -0.2) is 0 Å². The van der Waals surface area contributed by atoms with E-state index in [1.54, 1.807) is 18.2 Å². The number of benzene rings is 2. The summed E-state index contributed by atoms with van der Waals surface area (Å²) in [6.07, 6.45) is 3.42. The van der Waals surface area contributed by atoms with Gasteiger partial charge in [-0.1, -0.05) is 35.9 Å². The quantitative estimate of drug-likeness (QED) is 0.315.